The summed E-state index contributed by atoms with van der Waals surface area (Å²) < 4.78 is 0. The molecule has 0 fully saturated rings. The Bertz CT molecular complexity index is 478. The first kappa shape index (κ1) is 14.7. The molecule has 5 heteroatoms. The van der Waals surface area contributed by atoms with Gasteiger partial charge in [-0.25, -0.2) is 4.79 Å². The molecule has 0 atom stereocenters. The average Bonchev–Trinajstić information content (AvgIpc) is 2.38. The van der Waals surface area contributed by atoms with Crippen molar-refractivity contribution in [3.05, 3.63) is 48.6 Å². The van der Waals surface area contributed by atoms with Crippen molar-refractivity contribution in [3.63, 3.8) is 0 Å². The van der Waals surface area contributed by atoms with E-state index in [2.05, 4.69) is 17.2 Å². The number of carbonyl (C=O) groups excluding carboxylic acids is 1. The number of anilines is 1. The molecule has 0 bridgehead atoms. The summed E-state index contributed by atoms with van der Waals surface area (Å²) in [6, 6.07) is 6.89. The molecule has 100 valence electrons. The molecule has 1 aromatic carbocycles. The van der Waals surface area contributed by atoms with Gasteiger partial charge in [0, 0.05) is 18.3 Å². The van der Waals surface area contributed by atoms with Crippen molar-refractivity contribution in [3.8, 4) is 0 Å². The number of nitrogens with one attached hydrogen (secondary N) is 2. The smallest absolute Gasteiger partial charge is 0.328 e. The van der Waals surface area contributed by atoms with Gasteiger partial charge in [0.2, 0.25) is 5.91 Å². The van der Waals surface area contributed by atoms with Crippen LogP contribution in [-0.4, -0.2) is 30.1 Å². The number of hydrogen-bond donors (Lipinski definition) is 3. The summed E-state index contributed by atoms with van der Waals surface area (Å²) in [5.41, 5.74) is 1.42. The molecule has 0 aliphatic carbocycles. The lowest BCUT2D eigenvalue weighted by Crippen LogP contribution is -2.28. The van der Waals surface area contributed by atoms with E-state index in [0.29, 0.717) is 12.2 Å². The summed E-state index contributed by atoms with van der Waals surface area (Å²) in [7, 11) is 0. The molecule has 19 heavy (non-hydrogen) atoms. The normalized spacial score (nSPS) is 10.3. The van der Waals surface area contributed by atoms with Gasteiger partial charge in [-0.3, -0.25) is 4.79 Å². The van der Waals surface area contributed by atoms with Crippen molar-refractivity contribution in [1.82, 2.24) is 5.32 Å². The maximum Gasteiger partial charge on any atom is 0.328 e. The van der Waals surface area contributed by atoms with Crippen molar-refractivity contribution in [2.75, 3.05) is 18.4 Å². The maximum atomic E-state index is 11.5. The van der Waals surface area contributed by atoms with Crippen molar-refractivity contribution in [1.29, 1.82) is 0 Å². The Balaban J connectivity index is 2.50. The third-order valence-electron chi connectivity index (χ3n) is 2.19. The minimum Gasteiger partial charge on any atom is -0.478 e. The number of hydrogen-bond acceptors (Lipinski definition) is 3. The molecule has 0 radical (unpaired) electrons. The van der Waals surface area contributed by atoms with Crippen LogP contribution in [0, 0.1) is 0 Å². The lowest BCUT2D eigenvalue weighted by atomic mass is 10.2. The minimum atomic E-state index is -0.995. The van der Waals surface area contributed by atoms with Crippen LogP contribution in [0.5, 0.6) is 0 Å². The zero-order valence-corrected chi connectivity index (χ0v) is 10.4. The quantitative estimate of drug-likeness (QED) is 0.394. The second-order valence-corrected chi connectivity index (χ2v) is 3.76. The van der Waals surface area contributed by atoms with Crippen molar-refractivity contribution in [2.24, 2.45) is 0 Å². The van der Waals surface area contributed by atoms with Crippen LogP contribution >= 0.6 is 0 Å². The standard InChI is InChI=1S/C14H16N2O3/c1-2-9-15-10-13(17)16-12-6-3-11(4-7-12)5-8-14(18)19/h2-8,15H,1,9-10H2,(H,16,17)(H,18,19)/b8-5+. The molecule has 0 aliphatic rings. The average molecular weight is 260 g/mol. The maximum absolute atomic E-state index is 11.5. The molecule has 0 spiro atoms. The van der Waals surface area contributed by atoms with Gasteiger partial charge in [0.25, 0.3) is 0 Å². The molecule has 3 N–H and O–H groups in total. The molecule has 1 amide bonds. The highest BCUT2D eigenvalue weighted by Gasteiger charge is 2.00. The third-order valence-corrected chi connectivity index (χ3v) is 2.19. The Morgan fingerprint density at radius 3 is 2.53 bits per heavy atom. The van der Waals surface area contributed by atoms with Gasteiger partial charge in [0.15, 0.2) is 0 Å². The lowest BCUT2D eigenvalue weighted by Gasteiger charge is -2.05. The van der Waals surface area contributed by atoms with Crippen molar-refractivity contribution in [2.45, 2.75) is 0 Å². The molecule has 0 aliphatic heterocycles. The highest BCUT2D eigenvalue weighted by Crippen LogP contribution is 2.10. The van der Waals surface area contributed by atoms with Crippen LogP contribution < -0.4 is 10.6 Å². The Kier molecular flexibility index (Phi) is 6.05. The Labute approximate surface area is 111 Å². The second-order valence-electron chi connectivity index (χ2n) is 3.76. The first-order chi connectivity index (χ1) is 9.11. The van der Waals surface area contributed by atoms with Crippen molar-refractivity contribution < 1.29 is 14.7 Å². The van der Waals surface area contributed by atoms with E-state index >= 15 is 0 Å². The number of aliphatic carboxylic acids is 1. The van der Waals surface area contributed by atoms with Gasteiger partial charge in [-0.1, -0.05) is 18.2 Å². The summed E-state index contributed by atoms with van der Waals surface area (Å²) in [6.45, 7) is 4.33. The van der Waals surface area contributed by atoms with E-state index in [1.807, 2.05) is 0 Å². The van der Waals surface area contributed by atoms with E-state index in [1.165, 1.54) is 6.08 Å². The van der Waals surface area contributed by atoms with Crippen molar-refractivity contribution >= 4 is 23.6 Å². The highest BCUT2D eigenvalue weighted by atomic mass is 16.4. The van der Waals surface area contributed by atoms with E-state index in [0.717, 1.165) is 11.6 Å². The summed E-state index contributed by atoms with van der Waals surface area (Å²) in [6.07, 6.45) is 4.23. The summed E-state index contributed by atoms with van der Waals surface area (Å²) >= 11 is 0. The summed E-state index contributed by atoms with van der Waals surface area (Å²) in [5.74, 6) is -1.14. The van der Waals surface area contributed by atoms with Crippen LogP contribution in [0.4, 0.5) is 5.69 Å². The lowest BCUT2D eigenvalue weighted by molar-refractivity contribution is -0.131. The molecule has 5 nitrogen and oxygen atoms in total. The molecule has 0 unspecified atom stereocenters. The van der Waals surface area contributed by atoms with Crippen LogP contribution in [-0.2, 0) is 9.59 Å². The molecular formula is C14H16N2O3. The Morgan fingerprint density at radius 2 is 1.95 bits per heavy atom. The predicted octanol–water partition coefficient (Wildman–Crippen LogP) is 1.50. The largest absolute Gasteiger partial charge is 0.478 e. The predicted molar refractivity (Wildman–Crippen MR) is 74.8 cm³/mol. The molecule has 1 aromatic rings. The van der Waals surface area contributed by atoms with E-state index < -0.39 is 5.97 Å². The van der Waals surface area contributed by atoms with Gasteiger partial charge >= 0.3 is 5.97 Å². The highest BCUT2D eigenvalue weighted by molar-refractivity contribution is 5.92. The minimum absolute atomic E-state index is 0.143. The number of carboxylic acid groups (broad SMARTS) is 1. The summed E-state index contributed by atoms with van der Waals surface area (Å²) in [5, 5.41) is 14.1. The monoisotopic (exact) mass is 260 g/mol. The van der Waals surface area contributed by atoms with Gasteiger partial charge in [-0.2, -0.15) is 0 Å². The number of carbonyl (C=O) groups is 2. The third kappa shape index (κ3) is 6.18. The Hall–Kier alpha value is -2.40. The number of benzene rings is 1. The van der Waals surface area contributed by atoms with Crippen LogP contribution in [0.1, 0.15) is 5.56 Å². The first-order valence-corrected chi connectivity index (χ1v) is 5.74. The molecule has 0 saturated heterocycles. The van der Waals surface area contributed by atoms with E-state index in [9.17, 15) is 9.59 Å². The van der Waals surface area contributed by atoms with Crippen LogP contribution in [0.25, 0.3) is 6.08 Å². The van der Waals surface area contributed by atoms with E-state index in [-0.39, 0.29) is 12.5 Å². The van der Waals surface area contributed by atoms with Crippen LogP contribution in [0.15, 0.2) is 43.0 Å². The van der Waals surface area contributed by atoms with E-state index in [1.54, 1.807) is 30.3 Å². The zero-order chi connectivity index (χ0) is 14.1. The van der Waals surface area contributed by atoms with Gasteiger partial charge in [0.1, 0.15) is 0 Å². The number of amides is 1. The fourth-order valence-corrected chi connectivity index (χ4v) is 1.34. The molecule has 0 heterocycles. The number of carboxylic acids is 1. The first-order valence-electron chi connectivity index (χ1n) is 5.74. The van der Waals surface area contributed by atoms with Gasteiger partial charge in [-0.15, -0.1) is 6.58 Å². The molecular weight excluding hydrogens is 244 g/mol. The van der Waals surface area contributed by atoms with Gasteiger partial charge < -0.3 is 15.7 Å². The fraction of sp³-hybridized carbons (Fsp3) is 0.143. The van der Waals surface area contributed by atoms with Crippen LogP contribution in [0.2, 0.25) is 0 Å². The zero-order valence-electron chi connectivity index (χ0n) is 10.4. The SMILES string of the molecule is C=CCNCC(=O)Nc1ccc(/C=C/C(=O)O)cc1. The topological polar surface area (TPSA) is 78.4 Å². The molecule has 0 saturated carbocycles. The Morgan fingerprint density at radius 1 is 1.26 bits per heavy atom. The van der Waals surface area contributed by atoms with Gasteiger partial charge in [0.05, 0.1) is 6.54 Å². The summed E-state index contributed by atoms with van der Waals surface area (Å²) in [4.78, 5) is 21.8. The second kappa shape index (κ2) is 7.84. The molecule has 0 aromatic heterocycles. The van der Waals surface area contributed by atoms with Crippen LogP contribution in [0.3, 0.4) is 0 Å². The van der Waals surface area contributed by atoms with Gasteiger partial charge in [-0.05, 0) is 23.8 Å². The molecule has 1 rings (SSSR count). The number of rotatable bonds is 7. The van der Waals surface area contributed by atoms with E-state index in [4.69, 9.17) is 5.11 Å². The fourth-order valence-electron chi connectivity index (χ4n) is 1.34.